The molecule has 1 fully saturated rings. The molecule has 0 amide bonds. The highest BCUT2D eigenvalue weighted by molar-refractivity contribution is 5.83. The van der Waals surface area contributed by atoms with E-state index in [2.05, 4.69) is 29.9 Å². The largest absolute Gasteiger partial charge is 0.371 e. The molecular formula is C13H13NO. The second kappa shape index (κ2) is 2.97. The first-order valence-electron chi connectivity index (χ1n) is 5.14. The average molecular weight is 199 g/mol. The number of nitrogens with zero attached hydrogens (tertiary/aromatic N) is 1. The molecule has 1 aliphatic rings. The van der Waals surface area contributed by atoms with Gasteiger partial charge >= 0.3 is 0 Å². The number of ether oxygens (including phenoxy) is 1. The Morgan fingerprint density at radius 2 is 1.73 bits per heavy atom. The molecule has 0 bridgehead atoms. The van der Waals surface area contributed by atoms with Crippen molar-refractivity contribution in [2.75, 3.05) is 6.61 Å². The lowest BCUT2D eigenvalue weighted by Gasteiger charge is -1.99. The van der Waals surface area contributed by atoms with Crippen LogP contribution in [0.4, 0.5) is 0 Å². The number of rotatable bonds is 2. The SMILES string of the molecule is C=c1c2ccccc2c(=C)n1CC1CO1. The van der Waals surface area contributed by atoms with Gasteiger partial charge in [0.05, 0.1) is 19.3 Å². The van der Waals surface area contributed by atoms with Gasteiger partial charge in [-0.15, -0.1) is 0 Å². The Kier molecular flexibility index (Phi) is 1.73. The predicted octanol–water partition coefficient (Wildman–Crippen LogP) is 0.861. The standard InChI is InChI=1S/C13H13NO/c1-9-12-5-3-4-6-13(12)10(2)14(9)7-11-8-15-11/h3-6,11H,1-2,7-8H2. The lowest BCUT2D eigenvalue weighted by atomic mass is 10.2. The van der Waals surface area contributed by atoms with E-state index in [4.69, 9.17) is 4.74 Å². The van der Waals surface area contributed by atoms with Crippen LogP contribution in [0.2, 0.25) is 0 Å². The third-order valence-electron chi connectivity index (χ3n) is 2.99. The second-order valence-corrected chi connectivity index (χ2v) is 4.00. The van der Waals surface area contributed by atoms with Gasteiger partial charge in [0.15, 0.2) is 0 Å². The smallest absolute Gasteiger partial charge is 0.0988 e. The number of hydrogen-bond acceptors (Lipinski definition) is 1. The van der Waals surface area contributed by atoms with E-state index in [1.54, 1.807) is 0 Å². The van der Waals surface area contributed by atoms with Gasteiger partial charge in [-0.3, -0.25) is 0 Å². The number of epoxide rings is 1. The number of aromatic nitrogens is 1. The summed E-state index contributed by atoms with van der Waals surface area (Å²) in [4.78, 5) is 0. The van der Waals surface area contributed by atoms with Gasteiger partial charge in [-0.2, -0.15) is 0 Å². The molecule has 76 valence electrons. The monoisotopic (exact) mass is 199 g/mol. The quantitative estimate of drug-likeness (QED) is 0.656. The second-order valence-electron chi connectivity index (χ2n) is 4.00. The van der Waals surface area contributed by atoms with Crippen LogP contribution in [0, 0.1) is 0 Å². The minimum Gasteiger partial charge on any atom is -0.371 e. The van der Waals surface area contributed by atoms with Crippen molar-refractivity contribution < 1.29 is 4.74 Å². The van der Waals surface area contributed by atoms with Crippen molar-refractivity contribution in [3.63, 3.8) is 0 Å². The van der Waals surface area contributed by atoms with E-state index in [-0.39, 0.29) is 0 Å². The predicted molar refractivity (Wildman–Crippen MR) is 62.0 cm³/mol. The zero-order chi connectivity index (χ0) is 10.4. The molecule has 3 rings (SSSR count). The van der Waals surface area contributed by atoms with Crippen molar-refractivity contribution in [3.05, 3.63) is 35.0 Å². The van der Waals surface area contributed by atoms with Crippen LogP contribution in [0.5, 0.6) is 0 Å². The van der Waals surface area contributed by atoms with Crippen molar-refractivity contribution in [1.82, 2.24) is 4.57 Å². The Hall–Kier alpha value is -1.54. The molecule has 15 heavy (non-hydrogen) atoms. The summed E-state index contributed by atoms with van der Waals surface area (Å²) < 4.78 is 7.40. The first-order chi connectivity index (χ1) is 7.27. The molecule has 1 aromatic heterocycles. The molecule has 1 aliphatic heterocycles. The Labute approximate surface area is 88.1 Å². The van der Waals surface area contributed by atoms with Crippen molar-refractivity contribution in [2.45, 2.75) is 12.6 Å². The molecule has 0 N–H and O–H groups in total. The van der Waals surface area contributed by atoms with Gasteiger partial charge in [-0.1, -0.05) is 37.4 Å². The summed E-state index contributed by atoms with van der Waals surface area (Å²) in [5.74, 6) is 0. The van der Waals surface area contributed by atoms with Crippen LogP contribution in [0.1, 0.15) is 0 Å². The van der Waals surface area contributed by atoms with Crippen molar-refractivity contribution in [3.8, 4) is 0 Å². The lowest BCUT2D eigenvalue weighted by molar-refractivity contribution is 0.380. The highest BCUT2D eigenvalue weighted by Gasteiger charge is 2.23. The third-order valence-corrected chi connectivity index (χ3v) is 2.99. The van der Waals surface area contributed by atoms with Gasteiger partial charge in [0, 0.05) is 21.5 Å². The zero-order valence-electron chi connectivity index (χ0n) is 8.57. The fourth-order valence-electron chi connectivity index (χ4n) is 2.04. The van der Waals surface area contributed by atoms with Crippen LogP contribution < -0.4 is 10.7 Å². The van der Waals surface area contributed by atoms with Gasteiger partial charge < -0.3 is 9.30 Å². The lowest BCUT2D eigenvalue weighted by Crippen LogP contribution is -2.27. The Morgan fingerprint density at radius 1 is 1.20 bits per heavy atom. The minimum absolute atomic E-state index is 0.368. The molecule has 0 radical (unpaired) electrons. The van der Waals surface area contributed by atoms with E-state index < -0.39 is 0 Å². The summed E-state index contributed by atoms with van der Waals surface area (Å²) in [6, 6.07) is 8.26. The Morgan fingerprint density at radius 3 is 2.20 bits per heavy atom. The van der Waals surface area contributed by atoms with Gasteiger partial charge in [0.2, 0.25) is 0 Å². The Balaban J connectivity index is 2.28. The molecular weight excluding hydrogens is 186 g/mol. The maximum atomic E-state index is 5.24. The van der Waals surface area contributed by atoms with Crippen LogP contribution in [-0.4, -0.2) is 17.3 Å². The highest BCUT2D eigenvalue weighted by Crippen LogP contribution is 2.11. The van der Waals surface area contributed by atoms with Crippen LogP contribution in [-0.2, 0) is 11.3 Å². The van der Waals surface area contributed by atoms with E-state index in [9.17, 15) is 0 Å². The minimum atomic E-state index is 0.368. The molecule has 0 spiro atoms. The van der Waals surface area contributed by atoms with E-state index in [1.807, 2.05) is 12.1 Å². The molecule has 1 unspecified atom stereocenters. The number of hydrogen-bond donors (Lipinski definition) is 0. The summed E-state index contributed by atoms with van der Waals surface area (Å²) in [5.41, 5.74) is 0. The van der Waals surface area contributed by atoms with Crippen LogP contribution >= 0.6 is 0 Å². The molecule has 0 aliphatic carbocycles. The van der Waals surface area contributed by atoms with Gasteiger partial charge in [-0.25, -0.2) is 0 Å². The van der Waals surface area contributed by atoms with E-state index in [1.165, 1.54) is 10.8 Å². The van der Waals surface area contributed by atoms with Crippen molar-refractivity contribution in [2.24, 2.45) is 0 Å². The molecule has 0 saturated carbocycles. The number of fused-ring (bicyclic) bond motifs is 1. The zero-order valence-corrected chi connectivity index (χ0v) is 8.57. The van der Waals surface area contributed by atoms with Crippen molar-refractivity contribution >= 4 is 23.9 Å². The molecule has 1 atom stereocenters. The first-order valence-corrected chi connectivity index (χ1v) is 5.14. The van der Waals surface area contributed by atoms with Crippen LogP contribution in [0.15, 0.2) is 24.3 Å². The molecule has 2 aromatic rings. The summed E-state index contributed by atoms with van der Waals surface area (Å²) in [6.07, 6.45) is 0.368. The van der Waals surface area contributed by atoms with Gasteiger partial charge in [0.25, 0.3) is 0 Å². The van der Waals surface area contributed by atoms with Crippen LogP contribution in [0.25, 0.3) is 23.9 Å². The van der Waals surface area contributed by atoms with Crippen LogP contribution in [0.3, 0.4) is 0 Å². The van der Waals surface area contributed by atoms with E-state index >= 15 is 0 Å². The molecule has 1 saturated heterocycles. The molecule has 2 heteroatoms. The molecule has 2 heterocycles. The fraction of sp³-hybridized carbons (Fsp3) is 0.231. The van der Waals surface area contributed by atoms with Crippen molar-refractivity contribution in [1.29, 1.82) is 0 Å². The molecule has 1 aromatic carbocycles. The summed E-state index contributed by atoms with van der Waals surface area (Å²) >= 11 is 0. The van der Waals surface area contributed by atoms with Gasteiger partial charge in [-0.05, 0) is 0 Å². The highest BCUT2D eigenvalue weighted by atomic mass is 16.6. The van der Waals surface area contributed by atoms with E-state index in [0.717, 1.165) is 23.8 Å². The van der Waals surface area contributed by atoms with E-state index in [0.29, 0.717) is 6.10 Å². The Bertz CT molecular complexity index is 560. The summed E-state index contributed by atoms with van der Waals surface area (Å²) in [5, 5.41) is 4.49. The maximum absolute atomic E-state index is 5.24. The third kappa shape index (κ3) is 1.29. The average Bonchev–Trinajstić information content (AvgIpc) is 3.04. The molecule has 2 nitrogen and oxygen atoms in total. The maximum Gasteiger partial charge on any atom is 0.0988 e. The van der Waals surface area contributed by atoms with Gasteiger partial charge in [0.1, 0.15) is 0 Å². The summed E-state index contributed by atoms with van der Waals surface area (Å²) in [7, 11) is 0. The fourth-order valence-corrected chi connectivity index (χ4v) is 2.04. The normalized spacial score (nSPS) is 19.6. The summed E-state index contributed by atoms with van der Waals surface area (Å²) in [6.45, 7) is 9.99. The number of benzene rings is 1. The topological polar surface area (TPSA) is 17.5 Å². The first kappa shape index (κ1) is 8.74.